The number of hydrogen-bond donors (Lipinski definition) is 3. The van der Waals surface area contributed by atoms with Gasteiger partial charge in [0.15, 0.2) is 5.11 Å². The standard InChI is InChI=1S/C23H19FN4OS/c1-14(16-9-7-15(13-25)8-10-16)27-23(30)28-19-12-11-18(22(26)29)21(24)20(19)17-5-3-2-4-6-17/h2-12,14H,1H3,(H2,26,29)(H2,27,28,30). The lowest BCUT2D eigenvalue weighted by molar-refractivity contribution is 0.0996. The highest BCUT2D eigenvalue weighted by Gasteiger charge is 2.19. The van der Waals surface area contributed by atoms with E-state index in [9.17, 15) is 4.79 Å². The summed E-state index contributed by atoms with van der Waals surface area (Å²) in [7, 11) is 0. The smallest absolute Gasteiger partial charge is 0.251 e. The molecule has 1 amide bonds. The molecule has 0 aliphatic rings. The lowest BCUT2D eigenvalue weighted by Gasteiger charge is -2.20. The van der Waals surface area contributed by atoms with E-state index in [0.29, 0.717) is 16.8 Å². The third kappa shape index (κ3) is 4.62. The second-order valence-electron chi connectivity index (χ2n) is 6.63. The molecule has 0 aliphatic carbocycles. The molecule has 0 spiro atoms. The van der Waals surface area contributed by atoms with Crippen LogP contribution >= 0.6 is 12.2 Å². The fourth-order valence-electron chi connectivity index (χ4n) is 3.04. The largest absolute Gasteiger partial charge is 0.366 e. The number of rotatable bonds is 5. The number of nitriles is 1. The molecule has 0 fully saturated rings. The number of nitrogens with zero attached hydrogens (tertiary/aromatic N) is 1. The maximum absolute atomic E-state index is 15.1. The van der Waals surface area contributed by atoms with Crippen LogP contribution in [-0.2, 0) is 0 Å². The Morgan fingerprint density at radius 2 is 1.77 bits per heavy atom. The van der Waals surface area contributed by atoms with E-state index < -0.39 is 11.7 Å². The Hall–Kier alpha value is -3.76. The molecule has 5 nitrogen and oxygen atoms in total. The number of primary amides is 1. The molecule has 0 saturated heterocycles. The highest BCUT2D eigenvalue weighted by Crippen LogP contribution is 2.33. The molecule has 4 N–H and O–H groups in total. The number of nitrogens with one attached hydrogen (secondary N) is 2. The molecule has 3 aromatic rings. The molecule has 0 aromatic heterocycles. The van der Waals surface area contributed by atoms with Gasteiger partial charge in [0.25, 0.3) is 5.91 Å². The monoisotopic (exact) mass is 418 g/mol. The minimum Gasteiger partial charge on any atom is -0.366 e. The first kappa shape index (κ1) is 21.0. The van der Waals surface area contributed by atoms with Crippen molar-refractivity contribution in [1.29, 1.82) is 5.26 Å². The number of hydrogen-bond acceptors (Lipinski definition) is 3. The topological polar surface area (TPSA) is 90.9 Å². The molecule has 3 rings (SSSR count). The third-order valence-electron chi connectivity index (χ3n) is 4.61. The highest BCUT2D eigenvalue weighted by molar-refractivity contribution is 7.80. The molecule has 0 bridgehead atoms. The first-order valence-electron chi connectivity index (χ1n) is 9.16. The summed E-state index contributed by atoms with van der Waals surface area (Å²) >= 11 is 5.41. The molecular weight excluding hydrogens is 399 g/mol. The van der Waals surface area contributed by atoms with Gasteiger partial charge in [-0.3, -0.25) is 4.79 Å². The van der Waals surface area contributed by atoms with E-state index in [-0.39, 0.29) is 22.3 Å². The molecule has 0 aliphatic heterocycles. The second kappa shape index (κ2) is 9.16. The van der Waals surface area contributed by atoms with Crippen molar-refractivity contribution in [3.8, 4) is 17.2 Å². The van der Waals surface area contributed by atoms with Gasteiger partial charge in [0.05, 0.1) is 28.9 Å². The molecule has 3 aromatic carbocycles. The number of carbonyl (C=O) groups excluding carboxylic acids is 1. The van der Waals surface area contributed by atoms with Crippen LogP contribution in [0.2, 0.25) is 0 Å². The van der Waals surface area contributed by atoms with Crippen LogP contribution in [-0.4, -0.2) is 11.0 Å². The predicted molar refractivity (Wildman–Crippen MR) is 119 cm³/mol. The zero-order valence-electron chi connectivity index (χ0n) is 16.1. The maximum atomic E-state index is 15.1. The van der Waals surface area contributed by atoms with Gasteiger partial charge < -0.3 is 16.4 Å². The number of nitrogens with two attached hydrogens (primary N) is 1. The molecular formula is C23H19FN4OS. The van der Waals surface area contributed by atoms with E-state index in [0.717, 1.165) is 5.56 Å². The zero-order chi connectivity index (χ0) is 21.7. The minimum absolute atomic E-state index is 0.146. The van der Waals surface area contributed by atoms with Crippen molar-refractivity contribution in [1.82, 2.24) is 5.32 Å². The van der Waals surface area contributed by atoms with Gasteiger partial charge in [-0.2, -0.15) is 5.26 Å². The highest BCUT2D eigenvalue weighted by atomic mass is 32.1. The van der Waals surface area contributed by atoms with Crippen molar-refractivity contribution in [3.05, 3.63) is 89.2 Å². The Morgan fingerprint density at radius 3 is 2.37 bits per heavy atom. The van der Waals surface area contributed by atoms with E-state index in [4.69, 9.17) is 23.2 Å². The minimum atomic E-state index is -0.841. The van der Waals surface area contributed by atoms with Crippen LogP contribution in [0, 0.1) is 17.1 Å². The summed E-state index contributed by atoms with van der Waals surface area (Å²) in [5.41, 5.74) is 7.84. The van der Waals surface area contributed by atoms with Gasteiger partial charge in [0.1, 0.15) is 5.82 Å². The summed E-state index contributed by atoms with van der Waals surface area (Å²) in [6.45, 7) is 1.92. The SMILES string of the molecule is CC(NC(=S)Nc1ccc(C(N)=O)c(F)c1-c1ccccc1)c1ccc(C#N)cc1. The number of thiocarbonyl (C=S) groups is 1. The Balaban J connectivity index is 1.86. The van der Waals surface area contributed by atoms with Crippen LogP contribution in [0.25, 0.3) is 11.1 Å². The average Bonchev–Trinajstić information content (AvgIpc) is 2.74. The molecule has 7 heteroatoms. The van der Waals surface area contributed by atoms with Gasteiger partial charge in [-0.05, 0) is 54.5 Å². The van der Waals surface area contributed by atoms with E-state index in [1.807, 2.05) is 25.1 Å². The van der Waals surface area contributed by atoms with Crippen LogP contribution in [0.15, 0.2) is 66.7 Å². The van der Waals surface area contributed by atoms with Crippen molar-refractivity contribution >= 4 is 28.9 Å². The second-order valence-corrected chi connectivity index (χ2v) is 7.04. The Bertz CT molecular complexity index is 1120. The summed E-state index contributed by atoms with van der Waals surface area (Å²) in [5, 5.41) is 15.4. The summed E-state index contributed by atoms with van der Waals surface area (Å²) in [4.78, 5) is 11.6. The number of amides is 1. The van der Waals surface area contributed by atoms with Crippen molar-refractivity contribution in [2.24, 2.45) is 5.73 Å². The molecule has 0 radical (unpaired) electrons. The van der Waals surface area contributed by atoms with Gasteiger partial charge in [-0.15, -0.1) is 0 Å². The fraction of sp³-hybridized carbons (Fsp3) is 0.0870. The van der Waals surface area contributed by atoms with Crippen LogP contribution in [0.5, 0.6) is 0 Å². The fourth-order valence-corrected chi connectivity index (χ4v) is 3.33. The molecule has 0 saturated carbocycles. The quantitative estimate of drug-likeness (QED) is 0.530. The summed E-state index contributed by atoms with van der Waals surface area (Å²) in [5.74, 6) is -1.55. The first-order chi connectivity index (χ1) is 14.4. The van der Waals surface area contributed by atoms with E-state index in [2.05, 4.69) is 16.7 Å². The van der Waals surface area contributed by atoms with Crippen LogP contribution in [0.3, 0.4) is 0 Å². The van der Waals surface area contributed by atoms with Crippen LogP contribution < -0.4 is 16.4 Å². The van der Waals surface area contributed by atoms with Gasteiger partial charge in [0.2, 0.25) is 0 Å². The number of carbonyl (C=O) groups is 1. The Kier molecular flexibility index (Phi) is 6.40. The lowest BCUT2D eigenvalue weighted by Crippen LogP contribution is -2.31. The maximum Gasteiger partial charge on any atom is 0.251 e. The van der Waals surface area contributed by atoms with Crippen LogP contribution in [0.4, 0.5) is 10.1 Å². The first-order valence-corrected chi connectivity index (χ1v) is 9.57. The van der Waals surface area contributed by atoms with Gasteiger partial charge in [-0.1, -0.05) is 42.5 Å². The average molecular weight is 418 g/mol. The van der Waals surface area contributed by atoms with Crippen LogP contribution in [0.1, 0.15) is 34.5 Å². The molecule has 150 valence electrons. The number of anilines is 1. The molecule has 30 heavy (non-hydrogen) atoms. The van der Waals surface area contributed by atoms with E-state index in [1.54, 1.807) is 42.5 Å². The van der Waals surface area contributed by atoms with Crippen molar-refractivity contribution in [2.75, 3.05) is 5.32 Å². The number of halogens is 1. The van der Waals surface area contributed by atoms with Gasteiger partial charge in [-0.25, -0.2) is 4.39 Å². The van der Waals surface area contributed by atoms with Crippen molar-refractivity contribution in [3.63, 3.8) is 0 Å². The third-order valence-corrected chi connectivity index (χ3v) is 4.83. The molecule has 1 atom stereocenters. The summed E-state index contributed by atoms with van der Waals surface area (Å²) in [6.07, 6.45) is 0. The Morgan fingerprint density at radius 1 is 1.10 bits per heavy atom. The number of benzene rings is 3. The summed E-state index contributed by atoms with van der Waals surface area (Å²) < 4.78 is 15.1. The normalized spacial score (nSPS) is 11.2. The van der Waals surface area contributed by atoms with E-state index in [1.165, 1.54) is 6.07 Å². The molecule has 1 unspecified atom stereocenters. The predicted octanol–water partition coefficient (Wildman–Crippen LogP) is 4.51. The van der Waals surface area contributed by atoms with Gasteiger partial charge in [0, 0.05) is 5.56 Å². The van der Waals surface area contributed by atoms with Crippen molar-refractivity contribution < 1.29 is 9.18 Å². The Labute approximate surface area is 179 Å². The lowest BCUT2D eigenvalue weighted by atomic mass is 9.99. The zero-order valence-corrected chi connectivity index (χ0v) is 17.0. The van der Waals surface area contributed by atoms with Gasteiger partial charge >= 0.3 is 0 Å². The van der Waals surface area contributed by atoms with Crippen molar-refractivity contribution in [2.45, 2.75) is 13.0 Å². The van der Waals surface area contributed by atoms with E-state index >= 15 is 4.39 Å². The summed E-state index contributed by atoms with van der Waals surface area (Å²) in [6, 6.07) is 20.8. The molecule has 0 heterocycles.